The minimum atomic E-state index is 0.0952. The van der Waals surface area contributed by atoms with Crippen molar-refractivity contribution in [3.05, 3.63) is 57.6 Å². The number of hydrogen-bond acceptors (Lipinski definition) is 2. The molecule has 0 N–H and O–H groups in total. The Balaban J connectivity index is 1.62. The highest BCUT2D eigenvalue weighted by Crippen LogP contribution is 2.30. The predicted molar refractivity (Wildman–Crippen MR) is 91.6 cm³/mol. The number of halogens is 2. The van der Waals surface area contributed by atoms with Crippen molar-refractivity contribution in [3.8, 4) is 11.5 Å². The lowest BCUT2D eigenvalue weighted by molar-refractivity contribution is 0.148. The maximum Gasteiger partial charge on any atom is 0.137 e. The molecule has 2 aromatic rings. The van der Waals surface area contributed by atoms with E-state index in [1.165, 1.54) is 16.7 Å². The van der Waals surface area contributed by atoms with Crippen LogP contribution in [0, 0.1) is 6.92 Å². The molecule has 1 atom stereocenters. The fourth-order valence-electron chi connectivity index (χ4n) is 2.47. The standard InChI is InChI=1S/C17H16Br2O2/c1-11-2-5-17-12(6-11)7-15(21-17)10-20-14-3-4-16(19)13(8-14)9-18/h2-6,8,15H,7,9-10H2,1H3. The molecule has 2 nitrogen and oxygen atoms in total. The van der Waals surface area contributed by atoms with Gasteiger partial charge in [0.05, 0.1) is 0 Å². The van der Waals surface area contributed by atoms with E-state index in [1.807, 2.05) is 24.3 Å². The summed E-state index contributed by atoms with van der Waals surface area (Å²) in [6.45, 7) is 2.67. The van der Waals surface area contributed by atoms with Crippen LogP contribution >= 0.6 is 31.9 Å². The minimum absolute atomic E-state index is 0.0952. The monoisotopic (exact) mass is 410 g/mol. The number of rotatable bonds is 4. The van der Waals surface area contributed by atoms with E-state index < -0.39 is 0 Å². The lowest BCUT2D eigenvalue weighted by Gasteiger charge is -2.13. The van der Waals surface area contributed by atoms with E-state index in [0.29, 0.717) is 6.61 Å². The van der Waals surface area contributed by atoms with Crippen molar-refractivity contribution in [2.75, 3.05) is 6.61 Å². The van der Waals surface area contributed by atoms with E-state index in [4.69, 9.17) is 9.47 Å². The quantitative estimate of drug-likeness (QED) is 0.656. The van der Waals surface area contributed by atoms with Crippen LogP contribution in [0.4, 0.5) is 0 Å². The molecule has 1 heterocycles. The molecule has 110 valence electrons. The van der Waals surface area contributed by atoms with Crippen LogP contribution in [0.5, 0.6) is 11.5 Å². The summed E-state index contributed by atoms with van der Waals surface area (Å²) in [4.78, 5) is 0. The average molecular weight is 412 g/mol. The smallest absolute Gasteiger partial charge is 0.137 e. The van der Waals surface area contributed by atoms with Crippen molar-refractivity contribution in [2.45, 2.75) is 24.8 Å². The number of aryl methyl sites for hydroxylation is 1. The van der Waals surface area contributed by atoms with Gasteiger partial charge in [0, 0.05) is 16.2 Å². The SMILES string of the molecule is Cc1ccc2c(c1)CC(COc1ccc(Br)c(CBr)c1)O2. The Morgan fingerprint density at radius 2 is 2.10 bits per heavy atom. The van der Waals surface area contributed by atoms with E-state index in [9.17, 15) is 0 Å². The van der Waals surface area contributed by atoms with E-state index in [0.717, 1.165) is 27.7 Å². The molecule has 1 unspecified atom stereocenters. The van der Waals surface area contributed by atoms with Gasteiger partial charge in [0.25, 0.3) is 0 Å². The number of fused-ring (bicyclic) bond motifs is 1. The lowest BCUT2D eigenvalue weighted by Crippen LogP contribution is -2.22. The highest BCUT2D eigenvalue weighted by Gasteiger charge is 2.23. The van der Waals surface area contributed by atoms with Crippen LogP contribution in [0.2, 0.25) is 0 Å². The molecule has 0 saturated heterocycles. The maximum atomic E-state index is 5.92. The first-order valence-electron chi connectivity index (χ1n) is 6.89. The van der Waals surface area contributed by atoms with E-state index >= 15 is 0 Å². The van der Waals surface area contributed by atoms with Crippen molar-refractivity contribution >= 4 is 31.9 Å². The van der Waals surface area contributed by atoms with Gasteiger partial charge in [-0.15, -0.1) is 0 Å². The summed E-state index contributed by atoms with van der Waals surface area (Å²) >= 11 is 7.00. The molecule has 0 aromatic heterocycles. The first kappa shape index (κ1) is 14.9. The molecule has 0 radical (unpaired) electrons. The Morgan fingerprint density at radius 1 is 1.24 bits per heavy atom. The van der Waals surface area contributed by atoms with Crippen molar-refractivity contribution in [1.82, 2.24) is 0 Å². The third-order valence-corrected chi connectivity index (χ3v) is 4.93. The van der Waals surface area contributed by atoms with Gasteiger partial charge < -0.3 is 9.47 Å². The zero-order chi connectivity index (χ0) is 14.8. The Hall–Kier alpha value is -1.000. The second kappa shape index (κ2) is 6.41. The molecule has 0 spiro atoms. The van der Waals surface area contributed by atoms with Crippen LogP contribution in [0.1, 0.15) is 16.7 Å². The molecule has 0 amide bonds. The average Bonchev–Trinajstić information content (AvgIpc) is 2.88. The van der Waals surface area contributed by atoms with Gasteiger partial charge in [-0.3, -0.25) is 0 Å². The molecule has 2 aromatic carbocycles. The molecule has 21 heavy (non-hydrogen) atoms. The van der Waals surface area contributed by atoms with Crippen molar-refractivity contribution < 1.29 is 9.47 Å². The molecule has 1 aliphatic heterocycles. The molecule has 0 fully saturated rings. The summed E-state index contributed by atoms with van der Waals surface area (Å²) in [5, 5.41) is 0.801. The summed E-state index contributed by atoms with van der Waals surface area (Å²) in [6.07, 6.45) is 1.01. The molecule has 0 bridgehead atoms. The summed E-state index contributed by atoms with van der Waals surface area (Å²) < 4.78 is 12.9. The summed E-state index contributed by atoms with van der Waals surface area (Å²) in [7, 11) is 0. The Labute approximate surface area is 141 Å². The Kier molecular flexibility index (Phi) is 4.55. The van der Waals surface area contributed by atoms with Crippen LogP contribution in [0.3, 0.4) is 0 Å². The van der Waals surface area contributed by atoms with E-state index in [1.54, 1.807) is 0 Å². The van der Waals surface area contributed by atoms with E-state index in [-0.39, 0.29) is 6.10 Å². The van der Waals surface area contributed by atoms with Crippen LogP contribution in [-0.4, -0.2) is 12.7 Å². The summed E-state index contributed by atoms with van der Waals surface area (Å²) in [5.41, 5.74) is 3.73. The van der Waals surface area contributed by atoms with Crippen LogP contribution in [0.15, 0.2) is 40.9 Å². The zero-order valence-corrected chi connectivity index (χ0v) is 14.9. The van der Waals surface area contributed by atoms with Crippen LogP contribution < -0.4 is 9.47 Å². The molecular formula is C17H16Br2O2. The topological polar surface area (TPSA) is 18.5 Å². The number of alkyl halides is 1. The summed E-state index contributed by atoms with van der Waals surface area (Å²) in [6, 6.07) is 12.4. The van der Waals surface area contributed by atoms with Gasteiger partial charge in [-0.2, -0.15) is 0 Å². The lowest BCUT2D eigenvalue weighted by atomic mass is 10.1. The zero-order valence-electron chi connectivity index (χ0n) is 11.7. The van der Waals surface area contributed by atoms with Gasteiger partial charge in [-0.1, -0.05) is 49.6 Å². The Bertz CT molecular complexity index is 655. The van der Waals surface area contributed by atoms with Gasteiger partial charge in [-0.25, -0.2) is 0 Å². The number of hydrogen-bond donors (Lipinski definition) is 0. The van der Waals surface area contributed by atoms with Gasteiger partial charge in [0.15, 0.2) is 0 Å². The molecule has 1 aliphatic rings. The number of ether oxygens (including phenoxy) is 2. The van der Waals surface area contributed by atoms with Crippen molar-refractivity contribution in [1.29, 1.82) is 0 Å². The predicted octanol–water partition coefficient (Wildman–Crippen LogP) is 5.03. The molecule has 3 rings (SSSR count). The Morgan fingerprint density at radius 3 is 2.90 bits per heavy atom. The van der Waals surface area contributed by atoms with Crippen LogP contribution in [0.25, 0.3) is 0 Å². The highest BCUT2D eigenvalue weighted by molar-refractivity contribution is 9.10. The minimum Gasteiger partial charge on any atom is -0.490 e. The maximum absolute atomic E-state index is 5.92. The van der Waals surface area contributed by atoms with Gasteiger partial charge in [-0.05, 0) is 42.3 Å². The van der Waals surface area contributed by atoms with Gasteiger partial charge >= 0.3 is 0 Å². The van der Waals surface area contributed by atoms with Gasteiger partial charge in [0.2, 0.25) is 0 Å². The molecule has 0 saturated carbocycles. The summed E-state index contributed by atoms with van der Waals surface area (Å²) in [5.74, 6) is 1.87. The molecule has 4 heteroatoms. The first-order chi connectivity index (χ1) is 10.2. The second-order valence-electron chi connectivity index (χ2n) is 5.25. The second-order valence-corrected chi connectivity index (χ2v) is 6.67. The largest absolute Gasteiger partial charge is 0.490 e. The third-order valence-electron chi connectivity index (χ3n) is 3.55. The fraction of sp³-hybridized carbons (Fsp3) is 0.294. The van der Waals surface area contributed by atoms with Crippen LogP contribution in [-0.2, 0) is 11.8 Å². The van der Waals surface area contributed by atoms with E-state index in [2.05, 4.69) is 50.9 Å². The van der Waals surface area contributed by atoms with Crippen molar-refractivity contribution in [2.24, 2.45) is 0 Å². The number of benzene rings is 2. The fourth-order valence-corrected chi connectivity index (χ4v) is 3.70. The third kappa shape index (κ3) is 3.43. The molecule has 0 aliphatic carbocycles. The highest BCUT2D eigenvalue weighted by atomic mass is 79.9. The normalized spacial score (nSPS) is 16.4. The van der Waals surface area contributed by atoms with Crippen molar-refractivity contribution in [3.63, 3.8) is 0 Å². The molecular weight excluding hydrogens is 396 g/mol. The first-order valence-corrected chi connectivity index (χ1v) is 8.80. The van der Waals surface area contributed by atoms with Gasteiger partial charge in [0.1, 0.15) is 24.2 Å².